The molecule has 1 heterocycles. The summed E-state index contributed by atoms with van der Waals surface area (Å²) in [6.07, 6.45) is -5.09. The molecule has 7 nitrogen and oxygen atoms in total. The molecule has 11 heteroatoms. The van der Waals surface area contributed by atoms with Gasteiger partial charge >= 0.3 is 18.1 Å². The number of hydrazine groups is 1. The second kappa shape index (κ2) is 9.86. The predicted octanol–water partition coefficient (Wildman–Crippen LogP) is 2.39. The standard InChI is InChI=1S/C18H23F3N4O3S/c1-12(2)25(17(28)24-7-9-29-10-8-24)11-13-3-5-14(6-4-13)15(26)22-23-16(27)18(19,20)21/h3-6,12H,7-11H2,1-2H3,(H,22,26)(H,23,27). The molecule has 160 valence electrons. The van der Waals surface area contributed by atoms with E-state index in [9.17, 15) is 27.6 Å². The van der Waals surface area contributed by atoms with E-state index < -0.39 is 18.0 Å². The van der Waals surface area contributed by atoms with Crippen molar-refractivity contribution in [2.24, 2.45) is 0 Å². The minimum atomic E-state index is -5.09. The SMILES string of the molecule is CC(C)N(Cc1ccc(C(=O)NNC(=O)C(F)(F)F)cc1)C(=O)N1CCSCC1. The largest absolute Gasteiger partial charge is 0.472 e. The lowest BCUT2D eigenvalue weighted by Gasteiger charge is -2.35. The van der Waals surface area contributed by atoms with Crippen molar-refractivity contribution in [1.82, 2.24) is 20.7 Å². The number of hydrogen-bond donors (Lipinski definition) is 2. The number of hydrogen-bond acceptors (Lipinski definition) is 4. The Balaban J connectivity index is 1.98. The van der Waals surface area contributed by atoms with Gasteiger partial charge in [-0.2, -0.15) is 24.9 Å². The topological polar surface area (TPSA) is 81.8 Å². The highest BCUT2D eigenvalue weighted by Crippen LogP contribution is 2.16. The highest BCUT2D eigenvalue weighted by Gasteiger charge is 2.39. The van der Waals surface area contributed by atoms with Crippen molar-refractivity contribution in [3.8, 4) is 0 Å². The first-order valence-corrected chi connectivity index (χ1v) is 10.1. The average molecular weight is 432 g/mol. The molecule has 4 amide bonds. The third-order valence-electron chi connectivity index (χ3n) is 4.27. The Morgan fingerprint density at radius 3 is 2.21 bits per heavy atom. The van der Waals surface area contributed by atoms with Crippen LogP contribution in [0.2, 0.25) is 0 Å². The zero-order chi connectivity index (χ0) is 21.6. The van der Waals surface area contributed by atoms with Crippen LogP contribution in [-0.4, -0.2) is 64.5 Å². The summed E-state index contributed by atoms with van der Waals surface area (Å²) in [7, 11) is 0. The summed E-state index contributed by atoms with van der Waals surface area (Å²) in [5.74, 6) is -1.32. The summed E-state index contributed by atoms with van der Waals surface area (Å²) < 4.78 is 36.4. The van der Waals surface area contributed by atoms with E-state index in [1.807, 2.05) is 30.5 Å². The first-order valence-electron chi connectivity index (χ1n) is 8.99. The molecule has 1 aromatic rings. The summed E-state index contributed by atoms with van der Waals surface area (Å²) in [5, 5.41) is 0. The number of urea groups is 1. The fourth-order valence-electron chi connectivity index (χ4n) is 2.62. The molecule has 0 radical (unpaired) electrons. The van der Waals surface area contributed by atoms with Crippen LogP contribution in [-0.2, 0) is 11.3 Å². The molecule has 1 aromatic carbocycles. The smallest absolute Gasteiger partial charge is 0.323 e. The summed E-state index contributed by atoms with van der Waals surface area (Å²) in [4.78, 5) is 39.0. The van der Waals surface area contributed by atoms with Crippen molar-refractivity contribution in [2.75, 3.05) is 24.6 Å². The maximum atomic E-state index is 12.8. The van der Waals surface area contributed by atoms with E-state index in [-0.39, 0.29) is 17.6 Å². The normalized spacial score (nSPS) is 14.5. The van der Waals surface area contributed by atoms with Crippen molar-refractivity contribution in [1.29, 1.82) is 0 Å². The van der Waals surface area contributed by atoms with Gasteiger partial charge in [0.15, 0.2) is 0 Å². The van der Waals surface area contributed by atoms with Crippen molar-refractivity contribution >= 4 is 29.6 Å². The minimum Gasteiger partial charge on any atom is -0.323 e. The molecular weight excluding hydrogens is 409 g/mol. The first-order chi connectivity index (χ1) is 13.6. The molecule has 0 spiro atoms. The van der Waals surface area contributed by atoms with Crippen LogP contribution in [0.3, 0.4) is 0 Å². The van der Waals surface area contributed by atoms with Crippen LogP contribution in [0.5, 0.6) is 0 Å². The van der Waals surface area contributed by atoms with Gasteiger partial charge in [0, 0.05) is 42.7 Å². The molecule has 0 saturated carbocycles. The van der Waals surface area contributed by atoms with Gasteiger partial charge in [0.2, 0.25) is 0 Å². The fourth-order valence-corrected chi connectivity index (χ4v) is 3.53. The fraction of sp³-hybridized carbons (Fsp3) is 0.500. The number of halogens is 3. The Morgan fingerprint density at radius 2 is 1.69 bits per heavy atom. The number of rotatable bonds is 4. The number of amides is 4. The van der Waals surface area contributed by atoms with Crippen LogP contribution in [0, 0.1) is 0 Å². The third kappa shape index (κ3) is 6.55. The molecule has 2 rings (SSSR count). The van der Waals surface area contributed by atoms with E-state index >= 15 is 0 Å². The molecule has 0 unspecified atom stereocenters. The maximum absolute atomic E-state index is 12.8. The van der Waals surface area contributed by atoms with E-state index in [1.54, 1.807) is 22.5 Å². The van der Waals surface area contributed by atoms with E-state index in [1.165, 1.54) is 17.6 Å². The second-order valence-corrected chi connectivity index (χ2v) is 7.93. The summed E-state index contributed by atoms with van der Waals surface area (Å²) in [6.45, 7) is 5.58. The Bertz CT molecular complexity index is 735. The van der Waals surface area contributed by atoms with Gasteiger partial charge in [0.1, 0.15) is 0 Å². The van der Waals surface area contributed by atoms with Crippen LogP contribution >= 0.6 is 11.8 Å². The minimum absolute atomic E-state index is 0.0300. The molecule has 1 fully saturated rings. The summed E-state index contributed by atoms with van der Waals surface area (Å²) >= 11 is 1.81. The molecule has 0 bridgehead atoms. The van der Waals surface area contributed by atoms with Crippen molar-refractivity contribution in [3.05, 3.63) is 35.4 Å². The third-order valence-corrected chi connectivity index (χ3v) is 5.21. The van der Waals surface area contributed by atoms with Gasteiger partial charge in [-0.15, -0.1) is 0 Å². The molecule has 0 aromatic heterocycles. The molecule has 1 aliphatic rings. The lowest BCUT2D eigenvalue weighted by Crippen LogP contribution is -2.48. The van der Waals surface area contributed by atoms with Gasteiger partial charge in [-0.3, -0.25) is 20.4 Å². The molecule has 2 N–H and O–H groups in total. The zero-order valence-corrected chi connectivity index (χ0v) is 16.9. The lowest BCUT2D eigenvalue weighted by atomic mass is 10.1. The van der Waals surface area contributed by atoms with Gasteiger partial charge in [-0.25, -0.2) is 4.79 Å². The Hall–Kier alpha value is -2.43. The van der Waals surface area contributed by atoms with Gasteiger partial charge in [0.25, 0.3) is 5.91 Å². The first kappa shape index (κ1) is 22.9. The van der Waals surface area contributed by atoms with Crippen molar-refractivity contribution in [2.45, 2.75) is 32.6 Å². The number of carbonyl (C=O) groups is 3. The van der Waals surface area contributed by atoms with E-state index in [0.29, 0.717) is 19.6 Å². The summed E-state index contributed by atoms with van der Waals surface area (Å²) in [6, 6.07) is 6.01. The van der Waals surface area contributed by atoms with Crippen LogP contribution in [0.1, 0.15) is 29.8 Å². The zero-order valence-electron chi connectivity index (χ0n) is 16.1. The number of nitrogens with one attached hydrogen (secondary N) is 2. The second-order valence-electron chi connectivity index (χ2n) is 6.71. The Kier molecular flexibility index (Phi) is 7.77. The maximum Gasteiger partial charge on any atom is 0.472 e. The highest BCUT2D eigenvalue weighted by molar-refractivity contribution is 7.99. The summed E-state index contributed by atoms with van der Waals surface area (Å²) in [5.41, 5.74) is 3.87. The van der Waals surface area contributed by atoms with Crippen LogP contribution < -0.4 is 10.9 Å². The van der Waals surface area contributed by atoms with E-state index in [0.717, 1.165) is 17.1 Å². The lowest BCUT2D eigenvalue weighted by molar-refractivity contribution is -0.174. The molecule has 0 atom stereocenters. The Labute approximate surface area is 170 Å². The number of carbonyl (C=O) groups excluding carboxylic acids is 3. The van der Waals surface area contributed by atoms with Crippen LogP contribution in [0.4, 0.5) is 18.0 Å². The molecule has 1 aliphatic heterocycles. The molecule has 1 saturated heterocycles. The quantitative estimate of drug-likeness (QED) is 0.716. The average Bonchev–Trinajstić information content (AvgIpc) is 2.69. The van der Waals surface area contributed by atoms with Gasteiger partial charge < -0.3 is 9.80 Å². The molecule has 0 aliphatic carbocycles. The monoisotopic (exact) mass is 432 g/mol. The van der Waals surface area contributed by atoms with Crippen LogP contribution in [0.25, 0.3) is 0 Å². The number of benzene rings is 1. The number of thioether (sulfide) groups is 1. The van der Waals surface area contributed by atoms with Gasteiger partial charge in [0.05, 0.1) is 0 Å². The highest BCUT2D eigenvalue weighted by atomic mass is 32.2. The Morgan fingerprint density at radius 1 is 1.10 bits per heavy atom. The molecular formula is C18H23F3N4O3S. The number of alkyl halides is 3. The van der Waals surface area contributed by atoms with Gasteiger partial charge in [-0.05, 0) is 31.5 Å². The van der Waals surface area contributed by atoms with E-state index in [4.69, 9.17) is 0 Å². The predicted molar refractivity (Wildman–Crippen MR) is 103 cm³/mol. The number of nitrogens with zero attached hydrogens (tertiary/aromatic N) is 2. The van der Waals surface area contributed by atoms with Crippen molar-refractivity contribution < 1.29 is 27.6 Å². The van der Waals surface area contributed by atoms with E-state index in [2.05, 4.69) is 0 Å². The van der Waals surface area contributed by atoms with Crippen LogP contribution in [0.15, 0.2) is 24.3 Å². The van der Waals surface area contributed by atoms with Gasteiger partial charge in [-0.1, -0.05) is 12.1 Å². The molecule has 29 heavy (non-hydrogen) atoms. The van der Waals surface area contributed by atoms with Crippen molar-refractivity contribution in [3.63, 3.8) is 0 Å².